The quantitative estimate of drug-likeness (QED) is 0.0310. The van der Waals surface area contributed by atoms with E-state index < -0.39 is 36.8 Å². The van der Waals surface area contributed by atoms with Crippen molar-refractivity contribution in [2.24, 2.45) is 5.90 Å². The number of nitrogens with two attached hydrogens (primary N) is 2. The number of nitrogens with one attached hydrogen (secondary N) is 3. The van der Waals surface area contributed by atoms with Crippen LogP contribution in [0.3, 0.4) is 0 Å². The number of nitrogen functional groups attached to an aromatic ring is 1. The Morgan fingerprint density at radius 2 is 1.01 bits per heavy atom. The van der Waals surface area contributed by atoms with Gasteiger partial charge in [-0.25, -0.2) is 44.7 Å². The van der Waals surface area contributed by atoms with E-state index in [1.165, 1.54) is 18.5 Å². The van der Waals surface area contributed by atoms with E-state index in [1.807, 2.05) is 77.9 Å². The Kier molecular flexibility index (Phi) is 20.1. The number of H-pyrrole nitrogens is 1. The summed E-state index contributed by atoms with van der Waals surface area (Å²) in [6, 6.07) is 41.3. The van der Waals surface area contributed by atoms with Gasteiger partial charge in [0, 0.05) is 72.2 Å². The molecule has 2 aliphatic heterocycles. The van der Waals surface area contributed by atoms with Gasteiger partial charge in [-0.15, -0.1) is 0 Å². The van der Waals surface area contributed by atoms with Crippen LogP contribution in [0.4, 0.5) is 21.2 Å². The Bertz CT molecular complexity index is 3720. The SMILES string of the molecule is CC(=O)c1[nH]c([C@@H]2CCCN2C(=O)OC(C)(C)C)nc1-c1ccc(C(=O)Nc2ccccn2)cc1.CC(=O)c1c(-c2ccc(C(=O)Nc3ccccn3)cc2)nc([C@@H]2CCCN2C(=O)OC(C)(C)C)n1N.NOP(=O)(c1ccccc1)c1ccccc1. The molecule has 7 N–H and O–H groups in total. The van der Waals surface area contributed by atoms with Gasteiger partial charge in [-0.2, -0.15) is 0 Å². The number of amides is 4. The third-order valence-corrected chi connectivity index (χ3v) is 16.0. The Morgan fingerprint density at radius 1 is 0.575 bits per heavy atom. The summed E-state index contributed by atoms with van der Waals surface area (Å²) in [6.45, 7) is 14.9. The Labute approximate surface area is 504 Å². The summed E-state index contributed by atoms with van der Waals surface area (Å²) in [5.74, 6) is 12.4. The minimum absolute atomic E-state index is 0.169. The number of ketones is 2. The number of aromatic nitrogens is 6. The first-order valence-corrected chi connectivity index (χ1v) is 29.8. The molecule has 0 aliphatic carbocycles. The number of hydrogen-bond acceptors (Lipinski definition) is 16. The summed E-state index contributed by atoms with van der Waals surface area (Å²) >= 11 is 0. The zero-order valence-corrected chi connectivity index (χ0v) is 50.6. The average Bonchev–Trinajstić information content (AvgIpc) is 2.01. The molecule has 0 spiro atoms. The van der Waals surface area contributed by atoms with Crippen LogP contribution >= 0.6 is 7.37 Å². The molecule has 0 saturated carbocycles. The summed E-state index contributed by atoms with van der Waals surface area (Å²) in [7, 11) is -3.13. The fraction of sp³-hybridized carbons (Fsp3) is 0.281. The van der Waals surface area contributed by atoms with Crippen molar-refractivity contribution in [2.45, 2.75) is 104 Å². The van der Waals surface area contributed by atoms with E-state index in [1.54, 1.807) is 131 Å². The van der Waals surface area contributed by atoms with Crippen molar-refractivity contribution < 1.29 is 47.4 Å². The fourth-order valence-corrected chi connectivity index (χ4v) is 11.4. The molecule has 0 radical (unpaired) electrons. The minimum atomic E-state index is -3.13. The zero-order chi connectivity index (χ0) is 62.6. The Morgan fingerprint density at radius 3 is 1.43 bits per heavy atom. The van der Waals surface area contributed by atoms with Crippen molar-refractivity contribution in [3.8, 4) is 22.5 Å². The minimum Gasteiger partial charge on any atom is -0.444 e. The number of benzene rings is 4. The monoisotopic (exact) mass is 1200 g/mol. The summed E-state index contributed by atoms with van der Waals surface area (Å²) in [5.41, 5.74) is 2.42. The highest BCUT2D eigenvalue weighted by molar-refractivity contribution is 7.74. The number of imidazole rings is 2. The van der Waals surface area contributed by atoms with Crippen LogP contribution in [0, 0.1) is 0 Å². The molecular formula is C64H71N12O10P. The first-order chi connectivity index (χ1) is 41.4. The van der Waals surface area contributed by atoms with Crippen LogP contribution in [0.5, 0.6) is 0 Å². The smallest absolute Gasteiger partial charge is 0.410 e. The van der Waals surface area contributed by atoms with E-state index >= 15 is 0 Å². The zero-order valence-electron chi connectivity index (χ0n) is 49.7. The molecule has 23 heteroatoms. The van der Waals surface area contributed by atoms with Crippen LogP contribution in [-0.4, -0.2) is 99.3 Å². The number of carbonyl (C=O) groups is 6. The van der Waals surface area contributed by atoms with Crippen molar-refractivity contribution in [1.29, 1.82) is 0 Å². The molecule has 87 heavy (non-hydrogen) atoms. The van der Waals surface area contributed by atoms with Crippen LogP contribution in [0.2, 0.25) is 0 Å². The molecule has 4 aromatic carbocycles. The van der Waals surface area contributed by atoms with Crippen LogP contribution in [0.1, 0.15) is 146 Å². The number of carbonyl (C=O) groups excluding carboxylic acids is 6. The summed E-state index contributed by atoms with van der Waals surface area (Å²) in [6.07, 6.45) is 5.31. The maximum atomic E-state index is 12.8. The second-order valence-electron chi connectivity index (χ2n) is 22.5. The molecule has 2 aliphatic rings. The van der Waals surface area contributed by atoms with Crippen molar-refractivity contribution in [3.05, 3.63) is 192 Å². The van der Waals surface area contributed by atoms with E-state index in [2.05, 4.69) is 25.6 Å². The van der Waals surface area contributed by atoms with Crippen LogP contribution in [0.15, 0.2) is 158 Å². The third kappa shape index (κ3) is 15.8. The number of pyridine rings is 2. The van der Waals surface area contributed by atoms with Gasteiger partial charge in [0.25, 0.3) is 19.2 Å². The maximum absolute atomic E-state index is 12.8. The topological polar surface area (TPSA) is 302 Å². The lowest BCUT2D eigenvalue weighted by Gasteiger charge is -2.28. The van der Waals surface area contributed by atoms with E-state index in [0.29, 0.717) is 92.7 Å². The van der Waals surface area contributed by atoms with E-state index in [4.69, 9.17) is 35.8 Å². The van der Waals surface area contributed by atoms with Gasteiger partial charge < -0.3 is 30.9 Å². The molecule has 8 aromatic rings. The highest BCUT2D eigenvalue weighted by atomic mass is 31.2. The lowest BCUT2D eigenvalue weighted by Crippen LogP contribution is -2.37. The van der Waals surface area contributed by atoms with E-state index in [-0.39, 0.29) is 35.1 Å². The molecule has 2 fully saturated rings. The second kappa shape index (κ2) is 27.6. The fourth-order valence-electron chi connectivity index (χ4n) is 9.73. The summed E-state index contributed by atoms with van der Waals surface area (Å²) < 4.78 is 29.8. The summed E-state index contributed by atoms with van der Waals surface area (Å²) in [5, 5.41) is 6.68. The largest absolute Gasteiger partial charge is 0.444 e. The molecule has 0 unspecified atom stereocenters. The number of rotatable bonds is 13. The molecular weight excluding hydrogens is 1130 g/mol. The standard InChI is InChI=1S/C26H30N6O4.C26H29N5O4.C12H12NO2P/c1-16(33)22-21(17-10-12-18(13-11-17)24(34)29-20-9-5-6-14-28-20)30-23(32(22)27)19-8-7-15-31(19)25(35)36-26(2,3)4;1-16(32)21-22(17-10-12-18(13-11-17)24(33)28-20-9-5-6-14-27-20)30-23(29-21)19-8-7-15-31(19)25(34)35-26(2,3)4;13-15-16(14,11-7-3-1-4-8-11)12-9-5-2-6-10-12/h5-6,9-14,19H,7-8,15,27H2,1-4H3,(H,28,29,34);5-6,9-14,19H,7-8,15H2,1-4H3,(H,29,30)(H,27,28,33);1-10H,13H2/t2*19-;/m00./s1. The number of anilines is 2. The number of likely N-dealkylation sites (tertiary alicyclic amines) is 2. The lowest BCUT2D eigenvalue weighted by atomic mass is 10.1. The highest BCUT2D eigenvalue weighted by Gasteiger charge is 2.39. The maximum Gasteiger partial charge on any atom is 0.410 e. The molecule has 4 amide bonds. The lowest BCUT2D eigenvalue weighted by molar-refractivity contribution is 0.0207. The van der Waals surface area contributed by atoms with Gasteiger partial charge in [0.2, 0.25) is 0 Å². The molecule has 0 bridgehead atoms. The number of Topliss-reactive ketones (excluding diaryl/α,β-unsaturated/α-hetero) is 2. The van der Waals surface area contributed by atoms with Crippen molar-refractivity contribution in [2.75, 3.05) is 29.6 Å². The average molecular weight is 1200 g/mol. The second-order valence-corrected chi connectivity index (χ2v) is 24.8. The molecule has 2 atom stereocenters. The molecule has 452 valence electrons. The predicted octanol–water partition coefficient (Wildman–Crippen LogP) is 11.0. The first kappa shape index (κ1) is 63.4. The molecule has 6 heterocycles. The number of nitrogens with zero attached hydrogens (tertiary/aromatic N) is 7. The third-order valence-electron chi connectivity index (χ3n) is 13.7. The van der Waals surface area contributed by atoms with Gasteiger partial charge in [0.15, 0.2) is 17.4 Å². The Balaban J connectivity index is 0.000000181. The van der Waals surface area contributed by atoms with Crippen LogP contribution < -0.4 is 33.0 Å². The van der Waals surface area contributed by atoms with Gasteiger partial charge in [0.05, 0.1) is 17.8 Å². The van der Waals surface area contributed by atoms with Crippen LogP contribution in [-0.2, 0) is 18.7 Å². The summed E-state index contributed by atoms with van der Waals surface area (Å²) in [4.78, 5) is 99.6. The number of aromatic amines is 1. The van der Waals surface area contributed by atoms with Crippen molar-refractivity contribution >= 4 is 65.2 Å². The molecule has 2 saturated heterocycles. The van der Waals surface area contributed by atoms with Gasteiger partial charge in [0.1, 0.15) is 45.7 Å². The Hall–Kier alpha value is -9.63. The van der Waals surface area contributed by atoms with Gasteiger partial charge in [-0.1, -0.05) is 72.8 Å². The predicted molar refractivity (Wildman–Crippen MR) is 331 cm³/mol. The van der Waals surface area contributed by atoms with Gasteiger partial charge in [-0.05, 0) is 140 Å². The van der Waals surface area contributed by atoms with Gasteiger partial charge in [-0.3, -0.25) is 33.5 Å². The normalized spacial score (nSPS) is 14.8. The van der Waals surface area contributed by atoms with Crippen LogP contribution in [0.25, 0.3) is 22.5 Å². The van der Waals surface area contributed by atoms with E-state index in [0.717, 1.165) is 19.3 Å². The first-order valence-electron chi connectivity index (χ1n) is 28.2. The number of hydrogen-bond donors (Lipinski definition) is 5. The van der Waals surface area contributed by atoms with E-state index in [9.17, 15) is 33.3 Å². The van der Waals surface area contributed by atoms with Crippen molar-refractivity contribution in [1.82, 2.24) is 39.4 Å². The highest BCUT2D eigenvalue weighted by Crippen LogP contribution is 2.42. The molecule has 4 aromatic heterocycles. The van der Waals surface area contributed by atoms with Crippen molar-refractivity contribution in [3.63, 3.8) is 0 Å². The molecule has 22 nitrogen and oxygen atoms in total. The molecule has 10 rings (SSSR count). The van der Waals surface area contributed by atoms with Gasteiger partial charge >= 0.3 is 12.2 Å². The number of ether oxygens (including phenoxy) is 2.